The summed E-state index contributed by atoms with van der Waals surface area (Å²) in [7, 11) is 0. The van der Waals surface area contributed by atoms with Gasteiger partial charge in [-0.3, -0.25) is 0 Å². The SMILES string of the molecule is CCOC(=O)C(OCc1ccc(Cl)cc1)(C(F)(F)F)C(F)(F)F. The van der Waals surface area contributed by atoms with Crippen LogP contribution in [-0.2, 0) is 20.9 Å². The molecular formula is C13H11ClF6O3. The van der Waals surface area contributed by atoms with Crippen molar-refractivity contribution in [2.24, 2.45) is 0 Å². The average Bonchev–Trinajstić information content (AvgIpc) is 2.38. The van der Waals surface area contributed by atoms with Crippen LogP contribution >= 0.6 is 11.6 Å². The maximum absolute atomic E-state index is 13.0. The van der Waals surface area contributed by atoms with Crippen LogP contribution in [0.5, 0.6) is 0 Å². The van der Waals surface area contributed by atoms with Crippen LogP contribution in [0.25, 0.3) is 0 Å². The molecule has 0 N–H and O–H groups in total. The summed E-state index contributed by atoms with van der Waals surface area (Å²) in [4.78, 5) is 11.4. The summed E-state index contributed by atoms with van der Waals surface area (Å²) >= 11 is 5.56. The summed E-state index contributed by atoms with van der Waals surface area (Å²) in [6.07, 6.45) is -12.1. The monoisotopic (exact) mass is 364 g/mol. The van der Waals surface area contributed by atoms with E-state index >= 15 is 0 Å². The number of alkyl halides is 6. The van der Waals surface area contributed by atoms with Crippen molar-refractivity contribution in [2.75, 3.05) is 6.61 Å². The predicted octanol–water partition coefficient (Wildman–Crippen LogP) is 4.28. The zero-order valence-corrected chi connectivity index (χ0v) is 12.4. The number of benzene rings is 1. The Morgan fingerprint density at radius 2 is 1.52 bits per heavy atom. The lowest BCUT2D eigenvalue weighted by molar-refractivity contribution is -0.371. The molecule has 0 unspecified atom stereocenters. The van der Waals surface area contributed by atoms with E-state index in [4.69, 9.17) is 11.6 Å². The number of hydrogen-bond acceptors (Lipinski definition) is 3. The fourth-order valence-corrected chi connectivity index (χ4v) is 1.75. The second kappa shape index (κ2) is 6.96. The molecule has 0 spiro atoms. The van der Waals surface area contributed by atoms with Crippen molar-refractivity contribution in [3.05, 3.63) is 34.9 Å². The molecular weight excluding hydrogens is 354 g/mol. The van der Waals surface area contributed by atoms with Gasteiger partial charge < -0.3 is 9.47 Å². The van der Waals surface area contributed by atoms with Gasteiger partial charge in [-0.25, -0.2) is 4.79 Å². The first-order valence-corrected chi connectivity index (χ1v) is 6.52. The Bertz CT molecular complexity index is 524. The highest BCUT2D eigenvalue weighted by atomic mass is 35.5. The third kappa shape index (κ3) is 4.08. The van der Waals surface area contributed by atoms with E-state index in [0.717, 1.165) is 6.92 Å². The largest absolute Gasteiger partial charge is 0.463 e. The van der Waals surface area contributed by atoms with Gasteiger partial charge in [0, 0.05) is 5.02 Å². The van der Waals surface area contributed by atoms with Crippen molar-refractivity contribution in [2.45, 2.75) is 31.5 Å². The molecule has 3 nitrogen and oxygen atoms in total. The highest BCUT2D eigenvalue weighted by Crippen LogP contribution is 2.47. The Morgan fingerprint density at radius 1 is 1.04 bits per heavy atom. The molecule has 0 aromatic heterocycles. The fraction of sp³-hybridized carbons (Fsp3) is 0.462. The van der Waals surface area contributed by atoms with Crippen LogP contribution in [0.4, 0.5) is 26.3 Å². The van der Waals surface area contributed by atoms with Gasteiger partial charge in [0.1, 0.15) is 0 Å². The third-order valence-corrected chi connectivity index (χ3v) is 2.98. The molecule has 23 heavy (non-hydrogen) atoms. The minimum Gasteiger partial charge on any atom is -0.463 e. The van der Waals surface area contributed by atoms with Crippen LogP contribution in [0.15, 0.2) is 24.3 Å². The van der Waals surface area contributed by atoms with Crippen molar-refractivity contribution < 1.29 is 40.6 Å². The molecule has 0 aliphatic heterocycles. The number of ether oxygens (including phenoxy) is 2. The molecule has 130 valence electrons. The smallest absolute Gasteiger partial charge is 0.437 e. The first-order chi connectivity index (χ1) is 10.5. The highest BCUT2D eigenvalue weighted by Gasteiger charge is 2.78. The summed E-state index contributed by atoms with van der Waals surface area (Å²) in [6, 6.07) is 4.86. The molecule has 1 aromatic rings. The number of esters is 1. The molecule has 0 bridgehead atoms. The number of rotatable bonds is 5. The Labute approximate surface area is 132 Å². The second-order valence-corrected chi connectivity index (χ2v) is 4.75. The van der Waals surface area contributed by atoms with E-state index in [2.05, 4.69) is 9.47 Å². The van der Waals surface area contributed by atoms with E-state index in [1.54, 1.807) is 0 Å². The number of carbonyl (C=O) groups excluding carboxylic acids is 1. The minimum atomic E-state index is -6.05. The first-order valence-electron chi connectivity index (χ1n) is 6.14. The van der Waals surface area contributed by atoms with Crippen LogP contribution in [0.3, 0.4) is 0 Å². The molecule has 1 aromatic carbocycles. The summed E-state index contributed by atoms with van der Waals surface area (Å²) in [6.45, 7) is -0.708. The van der Waals surface area contributed by atoms with E-state index in [1.165, 1.54) is 24.3 Å². The summed E-state index contributed by atoms with van der Waals surface area (Å²) in [5.41, 5.74) is -5.09. The van der Waals surface area contributed by atoms with Gasteiger partial charge in [0.15, 0.2) is 0 Å². The molecule has 0 fully saturated rings. The maximum Gasteiger partial charge on any atom is 0.437 e. The fourth-order valence-electron chi connectivity index (χ4n) is 1.62. The van der Waals surface area contributed by atoms with E-state index in [0.29, 0.717) is 0 Å². The van der Waals surface area contributed by atoms with Gasteiger partial charge in [-0.15, -0.1) is 0 Å². The number of halogens is 7. The average molecular weight is 365 g/mol. The van der Waals surface area contributed by atoms with E-state index in [-0.39, 0.29) is 10.6 Å². The van der Waals surface area contributed by atoms with Crippen LogP contribution in [0.2, 0.25) is 5.02 Å². The van der Waals surface area contributed by atoms with Crippen molar-refractivity contribution in [1.29, 1.82) is 0 Å². The Hall–Kier alpha value is -1.48. The Kier molecular flexibility index (Phi) is 5.92. The summed E-state index contributed by atoms with van der Waals surface area (Å²) in [5.74, 6) is -2.56. The quantitative estimate of drug-likeness (QED) is 0.578. The van der Waals surface area contributed by atoms with Crippen LogP contribution in [0, 0.1) is 0 Å². The molecule has 1 rings (SSSR count). The van der Waals surface area contributed by atoms with Gasteiger partial charge in [-0.05, 0) is 24.6 Å². The van der Waals surface area contributed by atoms with Gasteiger partial charge in [0.25, 0.3) is 0 Å². The van der Waals surface area contributed by atoms with Crippen molar-refractivity contribution in [3.8, 4) is 0 Å². The topological polar surface area (TPSA) is 35.5 Å². The van der Waals surface area contributed by atoms with Crippen molar-refractivity contribution in [3.63, 3.8) is 0 Å². The zero-order valence-electron chi connectivity index (χ0n) is 11.6. The van der Waals surface area contributed by atoms with Gasteiger partial charge in [-0.2, -0.15) is 26.3 Å². The maximum atomic E-state index is 13.0. The minimum absolute atomic E-state index is 0.0310. The van der Waals surface area contributed by atoms with Crippen LogP contribution in [0.1, 0.15) is 12.5 Å². The molecule has 0 heterocycles. The standard InChI is InChI=1S/C13H11ClF6O3/c1-2-22-10(21)11(12(15,16)17,13(18,19)20)23-7-8-3-5-9(14)6-4-8/h3-6H,2,7H2,1H3. The van der Waals surface area contributed by atoms with Gasteiger partial charge in [-0.1, -0.05) is 23.7 Å². The molecule has 0 aliphatic carbocycles. The van der Waals surface area contributed by atoms with Crippen molar-refractivity contribution >= 4 is 17.6 Å². The van der Waals surface area contributed by atoms with Crippen LogP contribution < -0.4 is 0 Å². The van der Waals surface area contributed by atoms with Gasteiger partial charge in [0.05, 0.1) is 13.2 Å². The molecule has 0 saturated carbocycles. The van der Waals surface area contributed by atoms with E-state index in [1.807, 2.05) is 0 Å². The van der Waals surface area contributed by atoms with Crippen LogP contribution in [-0.4, -0.2) is 30.5 Å². The molecule has 10 heteroatoms. The molecule has 0 aliphatic rings. The number of hydrogen-bond donors (Lipinski definition) is 0. The molecule has 0 atom stereocenters. The van der Waals surface area contributed by atoms with Gasteiger partial charge >= 0.3 is 23.9 Å². The van der Waals surface area contributed by atoms with E-state index < -0.39 is 37.1 Å². The summed E-state index contributed by atoms with van der Waals surface area (Å²) < 4.78 is 86.2. The second-order valence-electron chi connectivity index (χ2n) is 4.31. The third-order valence-electron chi connectivity index (χ3n) is 2.73. The highest BCUT2D eigenvalue weighted by molar-refractivity contribution is 6.30. The lowest BCUT2D eigenvalue weighted by Gasteiger charge is -2.34. The first kappa shape index (κ1) is 19.6. The zero-order chi connectivity index (χ0) is 17.9. The lowest BCUT2D eigenvalue weighted by atomic mass is 10.0. The van der Waals surface area contributed by atoms with E-state index in [9.17, 15) is 31.1 Å². The molecule has 0 saturated heterocycles. The Morgan fingerprint density at radius 3 is 1.91 bits per heavy atom. The normalized spacial score (nSPS) is 13.0. The molecule has 0 amide bonds. The Balaban J connectivity index is 3.21. The molecule has 0 radical (unpaired) electrons. The summed E-state index contributed by atoms with van der Waals surface area (Å²) in [5, 5.41) is 0.233. The van der Waals surface area contributed by atoms with Crippen molar-refractivity contribution in [1.82, 2.24) is 0 Å². The number of carbonyl (C=O) groups is 1. The predicted molar refractivity (Wildman–Crippen MR) is 67.7 cm³/mol. The lowest BCUT2D eigenvalue weighted by Crippen LogP contribution is -2.64. The van der Waals surface area contributed by atoms with Gasteiger partial charge in [0.2, 0.25) is 0 Å².